The van der Waals surface area contributed by atoms with E-state index >= 15 is 0 Å². The molecule has 3 N–H and O–H groups in total. The third-order valence-corrected chi connectivity index (χ3v) is 5.38. The SMILES string of the molecule is CC1CCCCC1CNC(=O)C1CCC(CN)CC1. The molecule has 0 bridgehead atoms. The van der Waals surface area contributed by atoms with Gasteiger partial charge in [-0.2, -0.15) is 0 Å². The third-order valence-electron chi connectivity index (χ3n) is 5.38. The molecule has 0 aliphatic heterocycles. The average molecular weight is 266 g/mol. The van der Waals surface area contributed by atoms with Crippen molar-refractivity contribution in [2.45, 2.75) is 58.3 Å². The first-order valence-corrected chi connectivity index (χ1v) is 8.18. The summed E-state index contributed by atoms with van der Waals surface area (Å²) in [5, 5.41) is 3.22. The van der Waals surface area contributed by atoms with Gasteiger partial charge in [0, 0.05) is 12.5 Å². The molecule has 0 radical (unpaired) electrons. The summed E-state index contributed by atoms with van der Waals surface area (Å²) in [6.45, 7) is 4.02. The number of carbonyl (C=O) groups is 1. The molecule has 3 nitrogen and oxygen atoms in total. The molecular formula is C16H30N2O. The van der Waals surface area contributed by atoms with Gasteiger partial charge in [-0.3, -0.25) is 4.79 Å². The second-order valence-corrected chi connectivity index (χ2v) is 6.72. The quantitative estimate of drug-likeness (QED) is 0.822. The number of hydrogen-bond donors (Lipinski definition) is 2. The highest BCUT2D eigenvalue weighted by molar-refractivity contribution is 5.78. The van der Waals surface area contributed by atoms with Gasteiger partial charge in [0.05, 0.1) is 0 Å². The summed E-state index contributed by atoms with van der Waals surface area (Å²) >= 11 is 0. The molecular weight excluding hydrogens is 236 g/mol. The minimum Gasteiger partial charge on any atom is -0.356 e. The fraction of sp³-hybridized carbons (Fsp3) is 0.938. The van der Waals surface area contributed by atoms with E-state index in [-0.39, 0.29) is 5.92 Å². The molecule has 0 spiro atoms. The first-order valence-electron chi connectivity index (χ1n) is 8.18. The van der Waals surface area contributed by atoms with Gasteiger partial charge in [-0.1, -0.05) is 26.2 Å². The van der Waals surface area contributed by atoms with Crippen LogP contribution < -0.4 is 11.1 Å². The molecule has 2 aliphatic rings. The molecule has 0 aromatic rings. The first kappa shape index (κ1) is 14.8. The van der Waals surface area contributed by atoms with E-state index in [2.05, 4.69) is 12.2 Å². The molecule has 0 heterocycles. The van der Waals surface area contributed by atoms with Crippen LogP contribution in [0.15, 0.2) is 0 Å². The summed E-state index contributed by atoms with van der Waals surface area (Å²) < 4.78 is 0. The summed E-state index contributed by atoms with van der Waals surface area (Å²) in [6.07, 6.45) is 9.68. The standard InChI is InChI=1S/C16H30N2O/c1-12-4-2-3-5-15(12)11-18-16(19)14-8-6-13(10-17)7-9-14/h12-15H,2-11,17H2,1H3,(H,18,19). The van der Waals surface area contributed by atoms with Crippen LogP contribution in [-0.2, 0) is 4.79 Å². The predicted molar refractivity (Wildman–Crippen MR) is 78.6 cm³/mol. The molecule has 2 unspecified atom stereocenters. The number of rotatable bonds is 4. The Bertz CT molecular complexity index is 284. The minimum absolute atomic E-state index is 0.252. The van der Waals surface area contributed by atoms with Gasteiger partial charge in [0.2, 0.25) is 5.91 Å². The fourth-order valence-electron chi connectivity index (χ4n) is 3.73. The van der Waals surface area contributed by atoms with E-state index < -0.39 is 0 Å². The van der Waals surface area contributed by atoms with Crippen LogP contribution in [0.5, 0.6) is 0 Å². The largest absolute Gasteiger partial charge is 0.356 e. The Hall–Kier alpha value is -0.570. The normalized spacial score (nSPS) is 35.9. The van der Waals surface area contributed by atoms with E-state index in [9.17, 15) is 4.79 Å². The van der Waals surface area contributed by atoms with Gasteiger partial charge in [0.15, 0.2) is 0 Å². The highest BCUT2D eigenvalue weighted by Gasteiger charge is 2.27. The molecule has 0 aromatic carbocycles. The average Bonchev–Trinajstić information content (AvgIpc) is 2.46. The molecule has 0 aromatic heterocycles. The Balaban J connectivity index is 1.69. The lowest BCUT2D eigenvalue weighted by molar-refractivity contribution is -0.126. The Morgan fingerprint density at radius 1 is 1.11 bits per heavy atom. The maximum atomic E-state index is 12.2. The molecule has 110 valence electrons. The van der Waals surface area contributed by atoms with Crippen molar-refractivity contribution in [2.24, 2.45) is 29.4 Å². The Kier molecular flexibility index (Phi) is 5.68. The molecule has 2 rings (SSSR count). The van der Waals surface area contributed by atoms with Gasteiger partial charge in [0.1, 0.15) is 0 Å². The van der Waals surface area contributed by atoms with Gasteiger partial charge in [0.25, 0.3) is 0 Å². The van der Waals surface area contributed by atoms with Crippen molar-refractivity contribution in [1.29, 1.82) is 0 Å². The summed E-state index contributed by atoms with van der Waals surface area (Å²) in [5.41, 5.74) is 5.70. The van der Waals surface area contributed by atoms with Crippen LogP contribution in [0.2, 0.25) is 0 Å². The Labute approximate surface area is 117 Å². The molecule has 2 aliphatic carbocycles. The van der Waals surface area contributed by atoms with Crippen molar-refractivity contribution in [3.8, 4) is 0 Å². The third kappa shape index (κ3) is 4.20. The lowest BCUT2D eigenvalue weighted by Crippen LogP contribution is -2.38. The summed E-state index contributed by atoms with van der Waals surface area (Å²) in [7, 11) is 0. The molecule has 0 saturated heterocycles. The van der Waals surface area contributed by atoms with E-state index in [1.807, 2.05) is 0 Å². The van der Waals surface area contributed by atoms with Gasteiger partial charge >= 0.3 is 0 Å². The number of nitrogens with one attached hydrogen (secondary N) is 1. The Morgan fingerprint density at radius 3 is 2.42 bits per heavy atom. The van der Waals surface area contributed by atoms with E-state index in [0.29, 0.717) is 17.7 Å². The van der Waals surface area contributed by atoms with Crippen LogP contribution in [0, 0.1) is 23.7 Å². The smallest absolute Gasteiger partial charge is 0.223 e. The monoisotopic (exact) mass is 266 g/mol. The highest BCUT2D eigenvalue weighted by Crippen LogP contribution is 2.30. The van der Waals surface area contributed by atoms with Gasteiger partial charge < -0.3 is 11.1 Å². The van der Waals surface area contributed by atoms with E-state index in [4.69, 9.17) is 5.73 Å². The number of hydrogen-bond acceptors (Lipinski definition) is 2. The molecule has 2 atom stereocenters. The van der Waals surface area contributed by atoms with Gasteiger partial charge in [-0.25, -0.2) is 0 Å². The van der Waals surface area contributed by atoms with Crippen molar-refractivity contribution in [2.75, 3.05) is 13.1 Å². The van der Waals surface area contributed by atoms with Crippen molar-refractivity contribution < 1.29 is 4.79 Å². The number of nitrogens with two attached hydrogens (primary N) is 1. The summed E-state index contributed by atoms with van der Waals surface area (Å²) in [5.74, 6) is 2.69. The highest BCUT2D eigenvalue weighted by atomic mass is 16.1. The van der Waals surface area contributed by atoms with Crippen molar-refractivity contribution in [1.82, 2.24) is 5.32 Å². The topological polar surface area (TPSA) is 55.1 Å². The maximum absolute atomic E-state index is 12.2. The zero-order valence-electron chi connectivity index (χ0n) is 12.4. The van der Waals surface area contributed by atoms with Crippen LogP contribution in [0.4, 0.5) is 0 Å². The van der Waals surface area contributed by atoms with E-state index in [0.717, 1.165) is 44.7 Å². The zero-order chi connectivity index (χ0) is 13.7. The number of amides is 1. The van der Waals surface area contributed by atoms with Crippen LogP contribution in [-0.4, -0.2) is 19.0 Å². The lowest BCUT2D eigenvalue weighted by Gasteiger charge is -2.31. The fourth-order valence-corrected chi connectivity index (χ4v) is 3.73. The second kappa shape index (κ2) is 7.28. The van der Waals surface area contributed by atoms with Crippen LogP contribution in [0.25, 0.3) is 0 Å². The van der Waals surface area contributed by atoms with Crippen molar-refractivity contribution >= 4 is 5.91 Å². The van der Waals surface area contributed by atoms with Crippen LogP contribution in [0.1, 0.15) is 58.3 Å². The lowest BCUT2D eigenvalue weighted by atomic mass is 9.79. The van der Waals surface area contributed by atoms with Crippen molar-refractivity contribution in [3.05, 3.63) is 0 Å². The molecule has 2 fully saturated rings. The maximum Gasteiger partial charge on any atom is 0.223 e. The van der Waals surface area contributed by atoms with Crippen LogP contribution >= 0.6 is 0 Å². The molecule has 1 amide bonds. The summed E-state index contributed by atoms with van der Waals surface area (Å²) in [4.78, 5) is 12.2. The van der Waals surface area contributed by atoms with Gasteiger partial charge in [-0.15, -0.1) is 0 Å². The number of carbonyl (C=O) groups excluding carboxylic acids is 1. The minimum atomic E-state index is 0.252. The van der Waals surface area contributed by atoms with Gasteiger partial charge in [-0.05, 0) is 56.4 Å². The molecule has 2 saturated carbocycles. The predicted octanol–water partition coefficient (Wildman–Crippen LogP) is 2.69. The molecule has 19 heavy (non-hydrogen) atoms. The second-order valence-electron chi connectivity index (χ2n) is 6.72. The summed E-state index contributed by atoms with van der Waals surface area (Å²) in [6, 6.07) is 0. The van der Waals surface area contributed by atoms with Crippen LogP contribution in [0.3, 0.4) is 0 Å². The Morgan fingerprint density at radius 2 is 1.79 bits per heavy atom. The van der Waals surface area contributed by atoms with Crippen molar-refractivity contribution in [3.63, 3.8) is 0 Å². The van der Waals surface area contributed by atoms with E-state index in [1.54, 1.807) is 0 Å². The van der Waals surface area contributed by atoms with E-state index in [1.165, 1.54) is 25.7 Å². The first-order chi connectivity index (χ1) is 9.20. The molecule has 3 heteroatoms. The zero-order valence-corrected chi connectivity index (χ0v) is 12.4.